The van der Waals surface area contributed by atoms with Gasteiger partial charge in [0.05, 0.1) is 24.9 Å². The van der Waals surface area contributed by atoms with E-state index in [4.69, 9.17) is 4.74 Å². The van der Waals surface area contributed by atoms with Crippen molar-refractivity contribution in [3.63, 3.8) is 0 Å². The zero-order valence-electron chi connectivity index (χ0n) is 15.9. The molecule has 1 unspecified atom stereocenters. The molecule has 0 saturated carbocycles. The molecule has 0 amide bonds. The predicted molar refractivity (Wildman–Crippen MR) is 113 cm³/mol. The van der Waals surface area contributed by atoms with Gasteiger partial charge in [-0.2, -0.15) is 8.78 Å². The highest BCUT2D eigenvalue weighted by molar-refractivity contribution is 14.0. The number of halogens is 3. The number of imidazole rings is 1. The number of aryl methyl sites for hydroxylation is 1. The molecule has 2 aromatic heterocycles. The van der Waals surface area contributed by atoms with Crippen molar-refractivity contribution in [2.24, 2.45) is 4.99 Å². The van der Waals surface area contributed by atoms with Crippen LogP contribution in [0.15, 0.2) is 17.4 Å². The number of rotatable bonds is 7. The number of aliphatic imine (C=N–C) groups is 1. The van der Waals surface area contributed by atoms with Crippen molar-refractivity contribution < 1.29 is 18.3 Å². The summed E-state index contributed by atoms with van der Waals surface area (Å²) in [6.45, 7) is 3.07. The molecule has 12 heteroatoms. The van der Waals surface area contributed by atoms with Crippen LogP contribution in [0.25, 0.3) is 0 Å². The van der Waals surface area contributed by atoms with Crippen LogP contribution in [0.3, 0.4) is 0 Å². The van der Waals surface area contributed by atoms with E-state index in [2.05, 4.69) is 25.6 Å². The third kappa shape index (κ3) is 6.09. The van der Waals surface area contributed by atoms with Crippen LogP contribution in [0.4, 0.5) is 8.78 Å². The number of ether oxygens (including phenoxy) is 1. The average molecular weight is 528 g/mol. The number of alkyl halides is 2. The Labute approximate surface area is 182 Å². The standard InChI is InChI=1S/C16H22F2N6O2S.HI/c1-5-26-14(25)12-9(2)22-13(27-12)10(3)23-16(19-4)21-8-11-20-6-7-24(11)15(17)18;/h6-7,10,15H,5,8H2,1-4H3,(H2,19,21,23);1H. The maximum Gasteiger partial charge on any atom is 0.350 e. The van der Waals surface area contributed by atoms with E-state index in [1.165, 1.54) is 23.7 Å². The van der Waals surface area contributed by atoms with Crippen LogP contribution in [0, 0.1) is 6.92 Å². The number of nitrogens with one attached hydrogen (secondary N) is 2. The fraction of sp³-hybridized carbons (Fsp3) is 0.500. The Morgan fingerprint density at radius 3 is 2.79 bits per heavy atom. The lowest BCUT2D eigenvalue weighted by molar-refractivity contribution is 0.0530. The van der Waals surface area contributed by atoms with Gasteiger partial charge in [0.1, 0.15) is 15.7 Å². The normalized spacial score (nSPS) is 12.5. The van der Waals surface area contributed by atoms with Gasteiger partial charge in [0.25, 0.3) is 0 Å². The van der Waals surface area contributed by atoms with Crippen LogP contribution in [0.1, 0.15) is 52.6 Å². The average Bonchev–Trinajstić information content (AvgIpc) is 3.25. The molecule has 0 saturated heterocycles. The van der Waals surface area contributed by atoms with Crippen LogP contribution >= 0.6 is 35.3 Å². The van der Waals surface area contributed by atoms with Crippen molar-refractivity contribution >= 4 is 47.2 Å². The van der Waals surface area contributed by atoms with Gasteiger partial charge >= 0.3 is 12.5 Å². The SMILES string of the molecule is CCOC(=O)c1sc(C(C)NC(=NC)NCc2nccn2C(F)F)nc1C.I. The first-order valence-electron chi connectivity index (χ1n) is 8.28. The second-order valence-electron chi connectivity index (χ2n) is 5.51. The van der Waals surface area contributed by atoms with Crippen LogP contribution < -0.4 is 10.6 Å². The van der Waals surface area contributed by atoms with Gasteiger partial charge in [0.15, 0.2) is 5.96 Å². The first-order chi connectivity index (χ1) is 12.9. The molecule has 0 aromatic carbocycles. The molecular weight excluding hydrogens is 505 g/mol. The topological polar surface area (TPSA) is 93.4 Å². The lowest BCUT2D eigenvalue weighted by atomic mass is 10.3. The van der Waals surface area contributed by atoms with Crippen molar-refractivity contribution in [2.75, 3.05) is 13.7 Å². The Kier molecular flexibility index (Phi) is 9.72. The van der Waals surface area contributed by atoms with Crippen molar-refractivity contribution in [1.82, 2.24) is 25.2 Å². The molecule has 2 heterocycles. The van der Waals surface area contributed by atoms with Gasteiger partial charge in [0.2, 0.25) is 0 Å². The van der Waals surface area contributed by atoms with E-state index in [1.807, 2.05) is 6.92 Å². The monoisotopic (exact) mass is 528 g/mol. The van der Waals surface area contributed by atoms with E-state index in [1.54, 1.807) is 20.9 Å². The molecule has 0 fully saturated rings. The van der Waals surface area contributed by atoms with E-state index in [-0.39, 0.29) is 42.4 Å². The Hall–Kier alpha value is -1.83. The van der Waals surface area contributed by atoms with Crippen LogP contribution in [-0.2, 0) is 11.3 Å². The molecule has 0 bridgehead atoms. The van der Waals surface area contributed by atoms with Gasteiger partial charge in [-0.1, -0.05) is 0 Å². The summed E-state index contributed by atoms with van der Waals surface area (Å²) < 4.78 is 31.5. The molecule has 1 atom stereocenters. The van der Waals surface area contributed by atoms with Gasteiger partial charge < -0.3 is 15.4 Å². The van der Waals surface area contributed by atoms with E-state index in [0.29, 0.717) is 28.1 Å². The van der Waals surface area contributed by atoms with Crippen molar-refractivity contribution in [2.45, 2.75) is 39.9 Å². The predicted octanol–water partition coefficient (Wildman–Crippen LogP) is 3.26. The minimum atomic E-state index is -2.65. The number of thiazole rings is 1. The highest BCUT2D eigenvalue weighted by Crippen LogP contribution is 2.24. The number of guanidine groups is 1. The number of esters is 1. The van der Waals surface area contributed by atoms with Gasteiger partial charge in [0, 0.05) is 19.4 Å². The highest BCUT2D eigenvalue weighted by atomic mass is 127. The number of nitrogens with zero attached hydrogens (tertiary/aromatic N) is 4. The summed E-state index contributed by atoms with van der Waals surface area (Å²) in [5, 5.41) is 6.74. The maximum absolute atomic E-state index is 12.9. The van der Waals surface area contributed by atoms with E-state index >= 15 is 0 Å². The minimum Gasteiger partial charge on any atom is -0.462 e. The minimum absolute atomic E-state index is 0. The number of carbonyl (C=O) groups excluding carboxylic acids is 1. The molecular formula is C16H23F2IN6O2S. The summed E-state index contributed by atoms with van der Waals surface area (Å²) in [5.41, 5.74) is 0.601. The van der Waals surface area contributed by atoms with Gasteiger partial charge in [-0.15, -0.1) is 35.3 Å². The quantitative estimate of drug-likeness (QED) is 0.248. The van der Waals surface area contributed by atoms with E-state index < -0.39 is 12.5 Å². The Morgan fingerprint density at radius 1 is 1.46 bits per heavy atom. The lowest BCUT2D eigenvalue weighted by Crippen LogP contribution is -2.38. The number of hydrogen-bond acceptors (Lipinski definition) is 6. The van der Waals surface area contributed by atoms with Crippen LogP contribution in [0.5, 0.6) is 0 Å². The second-order valence-corrected chi connectivity index (χ2v) is 6.54. The first-order valence-corrected chi connectivity index (χ1v) is 9.10. The number of hydrogen-bond donors (Lipinski definition) is 2. The van der Waals surface area contributed by atoms with Gasteiger partial charge in [-0.25, -0.2) is 14.8 Å². The summed E-state index contributed by atoms with van der Waals surface area (Å²) in [6.07, 6.45) is 2.53. The fourth-order valence-corrected chi connectivity index (χ4v) is 3.23. The summed E-state index contributed by atoms with van der Waals surface area (Å²) in [6, 6.07) is -0.252. The largest absolute Gasteiger partial charge is 0.462 e. The van der Waals surface area contributed by atoms with Crippen molar-refractivity contribution in [3.8, 4) is 0 Å². The smallest absolute Gasteiger partial charge is 0.350 e. The van der Waals surface area contributed by atoms with E-state index in [9.17, 15) is 13.6 Å². The third-order valence-corrected chi connectivity index (χ3v) is 4.91. The third-order valence-electron chi connectivity index (χ3n) is 3.59. The zero-order chi connectivity index (χ0) is 20.0. The second kappa shape index (κ2) is 11.2. The van der Waals surface area contributed by atoms with E-state index in [0.717, 1.165) is 4.57 Å². The summed E-state index contributed by atoms with van der Waals surface area (Å²) in [5.74, 6) is 0.194. The summed E-state index contributed by atoms with van der Waals surface area (Å²) >= 11 is 1.24. The maximum atomic E-state index is 12.9. The molecule has 0 radical (unpaired) electrons. The van der Waals surface area contributed by atoms with Crippen molar-refractivity contribution in [3.05, 3.63) is 33.8 Å². The number of carbonyl (C=O) groups is 1. The molecule has 2 aromatic rings. The van der Waals surface area contributed by atoms with Gasteiger partial charge in [-0.3, -0.25) is 9.56 Å². The molecule has 28 heavy (non-hydrogen) atoms. The fourth-order valence-electron chi connectivity index (χ4n) is 2.27. The zero-order valence-corrected chi connectivity index (χ0v) is 19.0. The molecule has 0 aliphatic carbocycles. The number of aromatic nitrogens is 3. The molecule has 0 aliphatic rings. The Balaban J connectivity index is 0.00000392. The molecule has 156 valence electrons. The molecule has 2 rings (SSSR count). The Bertz CT molecular complexity index is 811. The molecule has 2 N–H and O–H groups in total. The lowest BCUT2D eigenvalue weighted by Gasteiger charge is -2.16. The molecule has 0 aliphatic heterocycles. The summed E-state index contributed by atoms with van der Waals surface area (Å²) in [7, 11) is 1.57. The molecule has 0 spiro atoms. The highest BCUT2D eigenvalue weighted by Gasteiger charge is 2.20. The van der Waals surface area contributed by atoms with Crippen LogP contribution in [-0.4, -0.2) is 40.1 Å². The Morgan fingerprint density at radius 2 is 2.18 bits per heavy atom. The summed E-state index contributed by atoms with van der Waals surface area (Å²) in [4.78, 5) is 24.8. The van der Waals surface area contributed by atoms with Crippen molar-refractivity contribution in [1.29, 1.82) is 0 Å². The first kappa shape index (κ1) is 24.2. The van der Waals surface area contributed by atoms with Crippen LogP contribution in [0.2, 0.25) is 0 Å². The van der Waals surface area contributed by atoms with Gasteiger partial charge in [-0.05, 0) is 20.8 Å². The molecule has 8 nitrogen and oxygen atoms in total.